The Morgan fingerprint density at radius 1 is 1.16 bits per heavy atom. The molecule has 1 unspecified atom stereocenters. The van der Waals surface area contributed by atoms with Gasteiger partial charge in [-0.3, -0.25) is 19.7 Å². The SMILES string of the molecule is CC(C)n1cc(CC(=O)N2CC3C[C@H](C2)Cn2c3ccc([N+](=O)[O-])c2=O)c2ccccc21. The lowest BCUT2D eigenvalue weighted by atomic mass is 9.83. The fraction of sp³-hybridized carbons (Fsp3) is 0.417. The van der Waals surface area contributed by atoms with Crippen molar-refractivity contribution in [2.24, 2.45) is 5.92 Å². The summed E-state index contributed by atoms with van der Waals surface area (Å²) in [5, 5.41) is 12.3. The third-order valence-corrected chi connectivity index (χ3v) is 6.85. The zero-order chi connectivity index (χ0) is 22.6. The van der Waals surface area contributed by atoms with Gasteiger partial charge in [-0.25, -0.2) is 0 Å². The second-order valence-electron chi connectivity index (χ2n) is 9.26. The number of benzene rings is 1. The molecule has 32 heavy (non-hydrogen) atoms. The highest BCUT2D eigenvalue weighted by Gasteiger charge is 2.37. The summed E-state index contributed by atoms with van der Waals surface area (Å²) in [6.45, 7) is 5.80. The number of aromatic nitrogens is 2. The number of likely N-dealkylation sites (tertiary alicyclic amines) is 1. The quantitative estimate of drug-likeness (QED) is 0.464. The molecule has 0 saturated carbocycles. The van der Waals surface area contributed by atoms with E-state index in [0.717, 1.165) is 28.6 Å². The fourth-order valence-electron chi connectivity index (χ4n) is 5.40. The van der Waals surface area contributed by atoms with Crippen LogP contribution in [-0.2, 0) is 17.8 Å². The summed E-state index contributed by atoms with van der Waals surface area (Å²) in [6, 6.07) is 11.5. The van der Waals surface area contributed by atoms with Crippen molar-refractivity contribution >= 4 is 22.5 Å². The van der Waals surface area contributed by atoms with Crippen LogP contribution in [0.5, 0.6) is 0 Å². The van der Waals surface area contributed by atoms with Crippen LogP contribution in [0.2, 0.25) is 0 Å². The van der Waals surface area contributed by atoms with Crippen LogP contribution >= 0.6 is 0 Å². The largest absolute Gasteiger partial charge is 0.345 e. The van der Waals surface area contributed by atoms with E-state index < -0.39 is 10.5 Å². The molecule has 1 amide bonds. The highest BCUT2D eigenvalue weighted by molar-refractivity contribution is 5.89. The fourth-order valence-corrected chi connectivity index (χ4v) is 5.40. The molecule has 5 rings (SSSR count). The number of pyridine rings is 1. The molecule has 0 radical (unpaired) electrons. The summed E-state index contributed by atoms with van der Waals surface area (Å²) in [7, 11) is 0. The molecule has 1 fully saturated rings. The van der Waals surface area contributed by atoms with Crippen LogP contribution in [0.4, 0.5) is 5.69 Å². The molecule has 2 aromatic heterocycles. The molecule has 1 aromatic carbocycles. The van der Waals surface area contributed by atoms with Gasteiger partial charge in [0.05, 0.1) is 11.3 Å². The predicted molar refractivity (Wildman–Crippen MR) is 121 cm³/mol. The second-order valence-corrected chi connectivity index (χ2v) is 9.26. The van der Waals surface area contributed by atoms with E-state index in [0.29, 0.717) is 32.1 Å². The maximum Gasteiger partial charge on any atom is 0.334 e. The average Bonchev–Trinajstić information content (AvgIpc) is 3.13. The van der Waals surface area contributed by atoms with Gasteiger partial charge >= 0.3 is 11.2 Å². The smallest absolute Gasteiger partial charge is 0.334 e. The van der Waals surface area contributed by atoms with Crippen LogP contribution in [-0.4, -0.2) is 38.0 Å². The Labute approximate surface area is 185 Å². The minimum Gasteiger partial charge on any atom is -0.345 e. The van der Waals surface area contributed by atoms with E-state index in [1.54, 1.807) is 10.6 Å². The Bertz CT molecular complexity index is 1290. The van der Waals surface area contributed by atoms with E-state index in [1.807, 2.05) is 17.0 Å². The Morgan fingerprint density at radius 3 is 2.69 bits per heavy atom. The van der Waals surface area contributed by atoms with Gasteiger partial charge in [0.15, 0.2) is 0 Å². The number of hydrogen-bond acceptors (Lipinski definition) is 4. The molecule has 2 aliphatic heterocycles. The van der Waals surface area contributed by atoms with E-state index >= 15 is 0 Å². The van der Waals surface area contributed by atoms with Crippen molar-refractivity contribution < 1.29 is 9.72 Å². The molecule has 2 bridgehead atoms. The molecule has 0 N–H and O–H groups in total. The third-order valence-electron chi connectivity index (χ3n) is 6.85. The summed E-state index contributed by atoms with van der Waals surface area (Å²) in [6.07, 6.45) is 3.33. The van der Waals surface area contributed by atoms with Crippen molar-refractivity contribution in [3.05, 3.63) is 74.3 Å². The van der Waals surface area contributed by atoms with E-state index in [-0.39, 0.29) is 23.4 Å². The topological polar surface area (TPSA) is 90.4 Å². The lowest BCUT2D eigenvalue weighted by Gasteiger charge is -2.42. The summed E-state index contributed by atoms with van der Waals surface area (Å²) in [4.78, 5) is 38.3. The Kier molecular flexibility index (Phi) is 4.87. The van der Waals surface area contributed by atoms with Gasteiger partial charge in [-0.2, -0.15) is 0 Å². The monoisotopic (exact) mass is 434 g/mol. The number of carbonyl (C=O) groups excluding carboxylic acids is 1. The molecular weight excluding hydrogens is 408 g/mol. The highest BCUT2D eigenvalue weighted by atomic mass is 16.6. The summed E-state index contributed by atoms with van der Waals surface area (Å²) < 4.78 is 3.76. The molecule has 2 aliphatic rings. The van der Waals surface area contributed by atoms with Gasteiger partial charge in [-0.1, -0.05) is 18.2 Å². The molecule has 0 aliphatic carbocycles. The van der Waals surface area contributed by atoms with Crippen LogP contribution < -0.4 is 5.56 Å². The van der Waals surface area contributed by atoms with Crippen molar-refractivity contribution in [1.82, 2.24) is 14.0 Å². The van der Waals surface area contributed by atoms with Crippen LogP contribution in [0.3, 0.4) is 0 Å². The molecule has 1 saturated heterocycles. The minimum absolute atomic E-state index is 0.0250. The van der Waals surface area contributed by atoms with Crippen molar-refractivity contribution in [2.75, 3.05) is 13.1 Å². The maximum atomic E-state index is 13.3. The number of nitrogens with zero attached hydrogens (tertiary/aromatic N) is 4. The van der Waals surface area contributed by atoms with E-state index in [2.05, 4.69) is 36.7 Å². The van der Waals surface area contributed by atoms with Crippen LogP contribution in [0.25, 0.3) is 10.9 Å². The molecule has 8 nitrogen and oxygen atoms in total. The first kappa shape index (κ1) is 20.5. The molecule has 3 aromatic rings. The number of para-hydroxylation sites is 1. The van der Waals surface area contributed by atoms with Gasteiger partial charge in [-0.05, 0) is 43.9 Å². The van der Waals surface area contributed by atoms with Gasteiger partial charge in [0.1, 0.15) is 0 Å². The number of rotatable bonds is 4. The normalized spacial score (nSPS) is 19.9. The van der Waals surface area contributed by atoms with Crippen molar-refractivity contribution in [1.29, 1.82) is 0 Å². The van der Waals surface area contributed by atoms with Crippen molar-refractivity contribution in [3.63, 3.8) is 0 Å². The Balaban J connectivity index is 1.40. The number of hydrogen-bond donors (Lipinski definition) is 0. The summed E-state index contributed by atoms with van der Waals surface area (Å²) in [5.74, 6) is 0.239. The number of carbonyl (C=O) groups is 1. The van der Waals surface area contributed by atoms with Gasteiger partial charge < -0.3 is 14.0 Å². The molecule has 8 heteroatoms. The van der Waals surface area contributed by atoms with Gasteiger partial charge in [0, 0.05) is 60.5 Å². The maximum absolute atomic E-state index is 13.3. The van der Waals surface area contributed by atoms with Crippen LogP contribution in [0.15, 0.2) is 47.4 Å². The van der Waals surface area contributed by atoms with Gasteiger partial charge in [0.25, 0.3) is 0 Å². The lowest BCUT2D eigenvalue weighted by molar-refractivity contribution is -0.386. The van der Waals surface area contributed by atoms with Gasteiger partial charge in [-0.15, -0.1) is 0 Å². The van der Waals surface area contributed by atoms with Crippen molar-refractivity contribution in [3.8, 4) is 0 Å². The van der Waals surface area contributed by atoms with Crippen LogP contribution in [0, 0.1) is 16.0 Å². The number of piperidine rings is 1. The molecule has 0 spiro atoms. The standard InChI is InChI=1S/C24H26N4O4/c1-15(2)26-14-17(19-5-3-4-6-21(19)26)10-23(29)25-11-16-9-18(13-25)20-7-8-22(28(31)32)24(30)27(20)12-16/h3-8,14-16,18H,9-13H2,1-2H3/t16-,18?/m1/s1. The Hall–Kier alpha value is -3.42. The molecule has 4 heterocycles. The zero-order valence-electron chi connectivity index (χ0n) is 18.2. The van der Waals surface area contributed by atoms with E-state index in [1.165, 1.54) is 6.07 Å². The van der Waals surface area contributed by atoms with E-state index in [4.69, 9.17) is 0 Å². The lowest BCUT2D eigenvalue weighted by Crippen LogP contribution is -2.49. The first-order chi connectivity index (χ1) is 15.3. The minimum atomic E-state index is -0.622. The first-order valence-corrected chi connectivity index (χ1v) is 11.1. The summed E-state index contributed by atoms with van der Waals surface area (Å²) in [5.41, 5.74) is 2.04. The van der Waals surface area contributed by atoms with Crippen molar-refractivity contribution in [2.45, 2.75) is 45.2 Å². The first-order valence-electron chi connectivity index (χ1n) is 11.1. The average molecular weight is 434 g/mol. The second kappa shape index (κ2) is 7.62. The number of amides is 1. The number of nitro groups is 1. The zero-order valence-corrected chi connectivity index (χ0v) is 18.2. The molecular formula is C24H26N4O4. The Morgan fingerprint density at radius 2 is 1.94 bits per heavy atom. The summed E-state index contributed by atoms with van der Waals surface area (Å²) >= 11 is 0. The predicted octanol–water partition coefficient (Wildman–Crippen LogP) is 3.48. The highest BCUT2D eigenvalue weighted by Crippen LogP contribution is 2.36. The van der Waals surface area contributed by atoms with Gasteiger partial charge in [0.2, 0.25) is 5.91 Å². The van der Waals surface area contributed by atoms with Crippen LogP contribution in [0.1, 0.15) is 43.5 Å². The molecule has 166 valence electrons. The third kappa shape index (κ3) is 3.30. The molecule has 2 atom stereocenters. The van der Waals surface area contributed by atoms with E-state index in [9.17, 15) is 19.7 Å². The number of fused-ring (bicyclic) bond motifs is 5.